The van der Waals surface area contributed by atoms with E-state index in [2.05, 4.69) is 24.3 Å². The second-order valence-corrected chi connectivity index (χ2v) is 7.17. The number of hydrogen-bond donors (Lipinski definition) is 0. The molecule has 1 fully saturated rings. The van der Waals surface area contributed by atoms with E-state index in [1.807, 2.05) is 41.3 Å². The van der Waals surface area contributed by atoms with Gasteiger partial charge < -0.3 is 9.47 Å². The molecule has 0 aliphatic carbocycles. The van der Waals surface area contributed by atoms with Crippen molar-refractivity contribution in [3.8, 4) is 11.5 Å². The summed E-state index contributed by atoms with van der Waals surface area (Å²) in [5, 5.41) is 2.23. The number of rotatable bonds is 4. The largest absolute Gasteiger partial charge is 0.497 e. The topological polar surface area (TPSA) is 38.8 Å². The van der Waals surface area contributed by atoms with E-state index < -0.39 is 0 Å². The van der Waals surface area contributed by atoms with Gasteiger partial charge in [-0.3, -0.25) is 9.69 Å². The Morgan fingerprint density at radius 1 is 0.885 bits per heavy atom. The number of amides is 1. The summed E-state index contributed by atoms with van der Waals surface area (Å²) in [5.74, 6) is 2.23. The summed E-state index contributed by atoms with van der Waals surface area (Å²) in [6, 6.07) is 20.0. The lowest BCUT2D eigenvalue weighted by molar-refractivity contribution is -0.115. The zero-order valence-corrected chi connectivity index (χ0v) is 15.5. The zero-order chi connectivity index (χ0) is 18.1. The highest BCUT2D eigenvalue weighted by Crippen LogP contribution is 2.42. The van der Waals surface area contributed by atoms with E-state index in [0.717, 1.165) is 33.5 Å². The van der Waals surface area contributed by atoms with Crippen LogP contribution in [0.2, 0.25) is 0 Å². The molecule has 0 aromatic heterocycles. The molecule has 4 nitrogen and oxygen atoms in total. The van der Waals surface area contributed by atoms with Crippen molar-refractivity contribution in [2.24, 2.45) is 0 Å². The molecule has 0 bridgehead atoms. The Kier molecular flexibility index (Phi) is 4.47. The third-order valence-corrected chi connectivity index (χ3v) is 5.79. The Hall–Kier alpha value is -2.66. The van der Waals surface area contributed by atoms with Crippen molar-refractivity contribution in [1.29, 1.82) is 0 Å². The van der Waals surface area contributed by atoms with E-state index in [4.69, 9.17) is 9.47 Å². The van der Waals surface area contributed by atoms with Gasteiger partial charge in [0.05, 0.1) is 20.0 Å². The van der Waals surface area contributed by atoms with E-state index in [9.17, 15) is 4.79 Å². The van der Waals surface area contributed by atoms with Gasteiger partial charge in [0.1, 0.15) is 16.9 Å². The molecule has 1 heterocycles. The first-order chi connectivity index (χ1) is 12.7. The standard InChI is InChI=1S/C21H19NO3S/c1-24-18-9-6-17(7-10-18)22-20(23)13-26-21(22)16-4-3-15-12-19(25-2)8-5-14(15)11-16/h3-12,21H,13H2,1-2H3. The lowest BCUT2D eigenvalue weighted by Gasteiger charge is -2.24. The van der Waals surface area contributed by atoms with E-state index in [1.165, 1.54) is 0 Å². The maximum Gasteiger partial charge on any atom is 0.238 e. The van der Waals surface area contributed by atoms with Crippen LogP contribution in [-0.4, -0.2) is 25.9 Å². The van der Waals surface area contributed by atoms with Crippen molar-refractivity contribution in [1.82, 2.24) is 0 Å². The minimum Gasteiger partial charge on any atom is -0.497 e. The summed E-state index contributed by atoms with van der Waals surface area (Å²) in [6.07, 6.45) is 0. The first-order valence-electron chi connectivity index (χ1n) is 8.35. The second kappa shape index (κ2) is 6.92. The van der Waals surface area contributed by atoms with Crippen molar-refractivity contribution in [3.63, 3.8) is 0 Å². The number of benzene rings is 3. The van der Waals surface area contributed by atoms with Gasteiger partial charge in [-0.05, 0) is 58.8 Å². The van der Waals surface area contributed by atoms with Gasteiger partial charge in [0.25, 0.3) is 0 Å². The predicted molar refractivity (Wildman–Crippen MR) is 106 cm³/mol. The van der Waals surface area contributed by atoms with Gasteiger partial charge in [-0.15, -0.1) is 11.8 Å². The number of thioether (sulfide) groups is 1. The number of carbonyl (C=O) groups excluding carboxylic acids is 1. The molecule has 26 heavy (non-hydrogen) atoms. The summed E-state index contributed by atoms with van der Waals surface area (Å²) in [6.45, 7) is 0. The molecular weight excluding hydrogens is 346 g/mol. The van der Waals surface area contributed by atoms with Gasteiger partial charge in [-0.1, -0.05) is 18.2 Å². The molecule has 0 spiro atoms. The highest BCUT2D eigenvalue weighted by atomic mass is 32.2. The Labute approximate surface area is 156 Å². The average Bonchev–Trinajstić information content (AvgIpc) is 3.08. The van der Waals surface area contributed by atoms with Crippen LogP contribution in [0.15, 0.2) is 60.7 Å². The van der Waals surface area contributed by atoms with Crippen LogP contribution in [-0.2, 0) is 4.79 Å². The normalized spacial score (nSPS) is 16.9. The molecule has 1 aliphatic heterocycles. The number of ether oxygens (including phenoxy) is 2. The van der Waals surface area contributed by atoms with Crippen molar-refractivity contribution >= 4 is 34.1 Å². The van der Waals surface area contributed by atoms with E-state index >= 15 is 0 Å². The SMILES string of the molecule is COc1ccc(N2C(=O)CSC2c2ccc3cc(OC)ccc3c2)cc1. The van der Waals surface area contributed by atoms with Crippen molar-refractivity contribution in [2.45, 2.75) is 5.37 Å². The van der Waals surface area contributed by atoms with Crippen LogP contribution in [0.25, 0.3) is 10.8 Å². The third-order valence-electron chi connectivity index (χ3n) is 4.58. The van der Waals surface area contributed by atoms with Gasteiger partial charge >= 0.3 is 0 Å². The Balaban J connectivity index is 1.70. The van der Waals surface area contributed by atoms with Gasteiger partial charge in [0.2, 0.25) is 5.91 Å². The zero-order valence-electron chi connectivity index (χ0n) is 14.6. The number of methoxy groups -OCH3 is 2. The molecule has 0 N–H and O–H groups in total. The van der Waals surface area contributed by atoms with Crippen LogP contribution in [0.3, 0.4) is 0 Å². The van der Waals surface area contributed by atoms with E-state index in [1.54, 1.807) is 26.0 Å². The van der Waals surface area contributed by atoms with Crippen LogP contribution in [0, 0.1) is 0 Å². The van der Waals surface area contributed by atoms with Gasteiger partial charge in [0.15, 0.2) is 0 Å². The Bertz CT molecular complexity index is 955. The minimum atomic E-state index is -0.0256. The fourth-order valence-electron chi connectivity index (χ4n) is 3.22. The summed E-state index contributed by atoms with van der Waals surface area (Å²) in [7, 11) is 3.31. The third kappa shape index (κ3) is 2.99. The highest BCUT2D eigenvalue weighted by Gasteiger charge is 2.34. The summed E-state index contributed by atoms with van der Waals surface area (Å²) in [4.78, 5) is 14.4. The van der Waals surface area contributed by atoms with Gasteiger partial charge in [0, 0.05) is 5.69 Å². The molecule has 1 aliphatic rings. The second-order valence-electron chi connectivity index (χ2n) is 6.10. The molecule has 0 radical (unpaired) electrons. The number of fused-ring (bicyclic) bond motifs is 1. The molecule has 3 aromatic rings. The quantitative estimate of drug-likeness (QED) is 0.675. The maximum atomic E-state index is 12.5. The highest BCUT2D eigenvalue weighted by molar-refractivity contribution is 8.00. The summed E-state index contributed by atoms with van der Waals surface area (Å²) >= 11 is 1.65. The Morgan fingerprint density at radius 3 is 2.27 bits per heavy atom. The lowest BCUT2D eigenvalue weighted by atomic mass is 10.1. The van der Waals surface area contributed by atoms with Crippen LogP contribution in [0.5, 0.6) is 11.5 Å². The monoisotopic (exact) mass is 365 g/mol. The van der Waals surface area contributed by atoms with E-state index in [0.29, 0.717) is 5.75 Å². The molecule has 1 unspecified atom stereocenters. The number of carbonyl (C=O) groups is 1. The fourth-order valence-corrected chi connectivity index (χ4v) is 4.38. The van der Waals surface area contributed by atoms with Crippen LogP contribution in [0.4, 0.5) is 5.69 Å². The van der Waals surface area contributed by atoms with Crippen LogP contribution >= 0.6 is 11.8 Å². The molecule has 132 valence electrons. The number of hydrogen-bond acceptors (Lipinski definition) is 4. The molecule has 1 amide bonds. The summed E-state index contributed by atoms with van der Waals surface area (Å²) in [5.41, 5.74) is 2.01. The molecular formula is C21H19NO3S. The number of nitrogens with zero attached hydrogens (tertiary/aromatic N) is 1. The van der Waals surface area contributed by atoms with Gasteiger partial charge in [-0.2, -0.15) is 0 Å². The van der Waals surface area contributed by atoms with Crippen molar-refractivity contribution in [3.05, 3.63) is 66.2 Å². The molecule has 4 rings (SSSR count). The molecule has 3 aromatic carbocycles. The van der Waals surface area contributed by atoms with Crippen LogP contribution < -0.4 is 14.4 Å². The molecule has 5 heteroatoms. The van der Waals surface area contributed by atoms with Crippen molar-refractivity contribution < 1.29 is 14.3 Å². The first-order valence-corrected chi connectivity index (χ1v) is 9.40. The minimum absolute atomic E-state index is 0.0256. The van der Waals surface area contributed by atoms with Gasteiger partial charge in [-0.25, -0.2) is 0 Å². The first kappa shape index (κ1) is 16.8. The maximum absolute atomic E-state index is 12.5. The van der Waals surface area contributed by atoms with Crippen molar-refractivity contribution in [2.75, 3.05) is 24.9 Å². The summed E-state index contributed by atoms with van der Waals surface area (Å²) < 4.78 is 10.5. The lowest BCUT2D eigenvalue weighted by Crippen LogP contribution is -2.27. The number of anilines is 1. The van der Waals surface area contributed by atoms with E-state index in [-0.39, 0.29) is 11.3 Å². The predicted octanol–water partition coefficient (Wildman–Crippen LogP) is 4.64. The molecule has 1 atom stereocenters. The van der Waals surface area contributed by atoms with Crippen LogP contribution in [0.1, 0.15) is 10.9 Å². The Morgan fingerprint density at radius 2 is 1.54 bits per heavy atom. The molecule has 0 saturated carbocycles. The molecule has 1 saturated heterocycles. The smallest absolute Gasteiger partial charge is 0.238 e. The average molecular weight is 365 g/mol. The fraction of sp³-hybridized carbons (Fsp3) is 0.190.